The first-order valence-electron chi connectivity index (χ1n) is 31.2. The minimum atomic E-state index is -1.78. The summed E-state index contributed by atoms with van der Waals surface area (Å²) in [4.78, 5) is 194. The Morgan fingerprint density at radius 2 is 1.37 bits per heavy atom. The number of aliphatic carboxylic acids is 1. The molecule has 9 atom stereocenters. The summed E-state index contributed by atoms with van der Waals surface area (Å²) >= 11 is 2.43. The average molecular weight is 1360 g/mol. The molecule has 16 N–H and O–H groups in total. The number of benzene rings is 1. The molecule has 0 aromatic heterocycles. The molecule has 11 amide bonds. The summed E-state index contributed by atoms with van der Waals surface area (Å²) in [6, 6.07) is -7.26. The highest BCUT2D eigenvalue weighted by Crippen LogP contribution is 2.27. The largest absolute Gasteiger partial charge is 0.494 e. The maximum atomic E-state index is 15.1. The van der Waals surface area contributed by atoms with Gasteiger partial charge in [0.1, 0.15) is 72.9 Å². The lowest BCUT2D eigenvalue weighted by atomic mass is 10.0. The molecular formula is C59H91N15O18S2. The number of carboxylic acids is 1. The highest BCUT2D eigenvalue weighted by molar-refractivity contribution is 7.98. The van der Waals surface area contributed by atoms with Crippen LogP contribution in [-0.2, 0) is 88.4 Å². The summed E-state index contributed by atoms with van der Waals surface area (Å²) in [5.74, 6) is -12.5. The molecule has 0 radical (unpaired) electrons. The van der Waals surface area contributed by atoms with Gasteiger partial charge in [-0.1, -0.05) is 44.8 Å². The quantitative estimate of drug-likeness (QED) is 0.0299. The molecule has 522 valence electrons. The number of guanidine groups is 1. The first-order chi connectivity index (χ1) is 44.8. The third kappa shape index (κ3) is 28.0. The smallest absolute Gasteiger partial charge is 0.344 e. The molecule has 94 heavy (non-hydrogen) atoms. The van der Waals surface area contributed by atoms with Crippen LogP contribution in [0.25, 0.3) is 0 Å². The van der Waals surface area contributed by atoms with Gasteiger partial charge in [0.15, 0.2) is 5.96 Å². The number of nitrogens with two attached hydrogens (primary N) is 2. The molecule has 4 rings (SSSR count). The van der Waals surface area contributed by atoms with E-state index in [1.165, 1.54) is 35.3 Å². The minimum absolute atomic E-state index is 0.00655. The Labute approximate surface area is 553 Å². The minimum Gasteiger partial charge on any atom is -0.494 e. The van der Waals surface area contributed by atoms with Crippen molar-refractivity contribution >= 4 is 113 Å². The van der Waals surface area contributed by atoms with Gasteiger partial charge in [0.2, 0.25) is 59.1 Å². The summed E-state index contributed by atoms with van der Waals surface area (Å²) in [6.07, 6.45) is 3.24. The zero-order valence-corrected chi connectivity index (χ0v) is 55.2. The highest BCUT2D eigenvalue weighted by Gasteiger charge is 2.41. The van der Waals surface area contributed by atoms with Gasteiger partial charge >= 0.3 is 11.9 Å². The second-order valence-electron chi connectivity index (χ2n) is 22.9. The van der Waals surface area contributed by atoms with Gasteiger partial charge in [-0.05, 0) is 100 Å². The lowest BCUT2D eigenvalue weighted by Crippen LogP contribution is -2.60. The van der Waals surface area contributed by atoms with Crippen molar-refractivity contribution in [3.05, 3.63) is 29.3 Å². The number of nitrogens with zero attached hydrogens (tertiary/aromatic N) is 2. The van der Waals surface area contributed by atoms with Crippen molar-refractivity contribution in [1.29, 1.82) is 5.41 Å². The zero-order chi connectivity index (χ0) is 69.3. The number of carbonyl (C=O) groups is 13. The summed E-state index contributed by atoms with van der Waals surface area (Å²) < 4.78 is 6.25. The molecule has 1 aromatic carbocycles. The normalized spacial score (nSPS) is 25.0. The van der Waals surface area contributed by atoms with E-state index in [0.717, 1.165) is 26.2 Å². The summed E-state index contributed by atoms with van der Waals surface area (Å²) in [6.45, 7) is 6.07. The summed E-state index contributed by atoms with van der Waals surface area (Å²) in [7, 11) is 1.02. The predicted octanol–water partition coefficient (Wildman–Crippen LogP) is -1.92. The Morgan fingerprint density at radius 1 is 0.745 bits per heavy atom. The topological polar surface area (TPSA) is 491 Å². The van der Waals surface area contributed by atoms with Gasteiger partial charge in [0.25, 0.3) is 5.91 Å². The van der Waals surface area contributed by atoms with Crippen LogP contribution < -0.4 is 69.4 Å². The standard InChI is InChI=1S/C59H91N15O18S2/c1-6-7-14-39-53(83)70-41(26-48(79)92-89-5)55(85)73-49(33(2)3)57(87)66-34(4)51(81)64-27-45(75)68-40(17-18-47(77)78)54(84)71-42(50(60)80)31-93-29-35-23-36-25-37(24-35)90-21-10-8-9-11-22-91-65-28-46(76)67-38(15-12-19-63-59(61)62)52(82)72-43(32-94-30-36)58(88)74-20-13-16-44(74)56(86)69-39/h23-25,28,33-34,38-44,49H,6-22,26-27,29-32H2,1-5H3,(H2,60,80)(H,64,81)(H,66,87)(H,67,76)(H,68,75)(H,69,86)(H,70,83)(H,71,84)(H,72,82)(H,73,85)(H,77,78)(H4,61,62,63)/b65-28+/t34-,38-,39-,40-,41-,42-,43-,44-,49?/m0/s1. The molecule has 1 fully saturated rings. The molecule has 0 saturated carbocycles. The van der Waals surface area contributed by atoms with Crippen molar-refractivity contribution < 1.29 is 86.8 Å². The molecule has 1 saturated heterocycles. The lowest BCUT2D eigenvalue weighted by molar-refractivity contribution is -0.255. The number of unbranched alkanes of at least 4 members (excludes halogenated alkanes) is 1. The van der Waals surface area contributed by atoms with E-state index in [4.69, 9.17) is 26.5 Å². The fourth-order valence-electron chi connectivity index (χ4n) is 9.92. The fraction of sp³-hybridized carbons (Fsp3) is 0.644. The third-order valence-corrected chi connectivity index (χ3v) is 17.1. The molecule has 3 aliphatic rings. The number of rotatable bonds is 15. The second kappa shape index (κ2) is 41.3. The Morgan fingerprint density at radius 3 is 2.03 bits per heavy atom. The first-order valence-corrected chi connectivity index (χ1v) is 33.5. The van der Waals surface area contributed by atoms with Gasteiger partial charge in [-0.25, -0.2) is 4.79 Å². The Hall–Kier alpha value is -8.47. The molecule has 3 aliphatic heterocycles. The number of hydrogen-bond acceptors (Lipinski definition) is 21. The van der Waals surface area contributed by atoms with E-state index >= 15 is 4.79 Å². The molecule has 0 spiro atoms. The second-order valence-corrected chi connectivity index (χ2v) is 25.0. The van der Waals surface area contributed by atoms with Gasteiger partial charge < -0.3 is 84.2 Å². The number of primary amides is 1. The van der Waals surface area contributed by atoms with Crippen LogP contribution in [0.1, 0.15) is 129 Å². The van der Waals surface area contributed by atoms with Crippen LogP contribution in [0, 0.1) is 11.3 Å². The van der Waals surface area contributed by atoms with Crippen LogP contribution in [-0.4, -0.2) is 205 Å². The van der Waals surface area contributed by atoms with Crippen molar-refractivity contribution in [2.24, 2.45) is 22.5 Å². The number of amides is 11. The molecule has 33 nitrogen and oxygen atoms in total. The highest BCUT2D eigenvalue weighted by atomic mass is 32.2. The first kappa shape index (κ1) is 78.0. The van der Waals surface area contributed by atoms with Crippen molar-refractivity contribution in [3.8, 4) is 5.75 Å². The monoisotopic (exact) mass is 1360 g/mol. The molecular weight excluding hydrogens is 1270 g/mol. The molecule has 1 aromatic rings. The van der Waals surface area contributed by atoms with Crippen LogP contribution in [0.5, 0.6) is 5.75 Å². The number of hydrogen-bond donors (Lipinski definition) is 14. The lowest BCUT2D eigenvalue weighted by Gasteiger charge is -2.31. The number of thioether (sulfide) groups is 2. The van der Waals surface area contributed by atoms with Crippen molar-refractivity contribution in [2.45, 2.75) is 183 Å². The molecule has 0 aliphatic carbocycles. The maximum Gasteiger partial charge on any atom is 0.344 e. The molecule has 4 bridgehead atoms. The van der Waals surface area contributed by atoms with Gasteiger partial charge in [-0.15, -0.1) is 0 Å². The predicted molar refractivity (Wildman–Crippen MR) is 343 cm³/mol. The van der Waals surface area contributed by atoms with E-state index in [1.54, 1.807) is 26.0 Å². The fourth-order valence-corrected chi connectivity index (χ4v) is 11.9. The maximum absolute atomic E-state index is 15.1. The summed E-state index contributed by atoms with van der Waals surface area (Å²) in [5.41, 5.74) is 12.7. The molecule has 3 heterocycles. The number of carboxylic acid groups (broad SMARTS) is 1. The van der Waals surface area contributed by atoms with E-state index in [9.17, 15) is 62.6 Å². The van der Waals surface area contributed by atoms with E-state index in [2.05, 4.69) is 68.1 Å². The van der Waals surface area contributed by atoms with Crippen LogP contribution in [0.3, 0.4) is 0 Å². The van der Waals surface area contributed by atoms with Crippen molar-refractivity contribution in [3.63, 3.8) is 0 Å². The van der Waals surface area contributed by atoms with Crippen LogP contribution in [0.4, 0.5) is 0 Å². The number of nitrogens with one attached hydrogen (secondary N) is 11. The van der Waals surface area contributed by atoms with Crippen molar-refractivity contribution in [1.82, 2.24) is 58.1 Å². The van der Waals surface area contributed by atoms with E-state index in [0.29, 0.717) is 55.6 Å². The zero-order valence-electron chi connectivity index (χ0n) is 53.6. The number of ether oxygens (including phenoxy) is 1. The number of carbonyl (C=O) groups excluding carboxylic acids is 12. The number of fused-ring (bicyclic) bond motifs is 6. The van der Waals surface area contributed by atoms with E-state index in [1.807, 2.05) is 13.0 Å². The van der Waals surface area contributed by atoms with Crippen LogP contribution in [0.15, 0.2) is 23.4 Å². The SMILES string of the molecule is CCCC[C@@H]1NC(=O)[C@@H]2CCCN2C(=O)[C@@H]2CSCc3cc(cc(c3)OCCCCCCO/N=C/C(=O)N[C@@H](CCCNC(=N)N)C(=O)N2)CSC[C@@H](C(N)=O)NC(=O)[C@H](CCC(=O)O)NC(=O)CNC(=O)[C@H](C)NC(=O)C(C(C)C)NC(=O)[C@H](CC(=O)OOC)NC1=O. The van der Waals surface area contributed by atoms with Gasteiger partial charge in [0.05, 0.1) is 26.7 Å². The van der Waals surface area contributed by atoms with Crippen LogP contribution in [0.2, 0.25) is 0 Å². The third-order valence-electron chi connectivity index (χ3n) is 14.9. The Balaban J connectivity index is 1.83. The Kier molecular flexibility index (Phi) is 34.2. The van der Waals surface area contributed by atoms with Gasteiger partial charge in [-0.2, -0.15) is 28.4 Å². The summed E-state index contributed by atoms with van der Waals surface area (Å²) in [5, 5.41) is 46.3. The Bertz CT molecular complexity index is 2850. The molecule has 1 unspecified atom stereocenters. The van der Waals surface area contributed by atoms with Crippen LogP contribution >= 0.6 is 23.5 Å². The average Bonchev–Trinajstić information content (AvgIpc) is 1.62. The van der Waals surface area contributed by atoms with Crippen molar-refractivity contribution in [2.75, 3.05) is 51.5 Å². The van der Waals surface area contributed by atoms with E-state index in [-0.39, 0.29) is 74.4 Å². The van der Waals surface area contributed by atoms with Gasteiger partial charge in [-0.3, -0.25) is 67.8 Å². The number of oxime groups is 1. The van der Waals surface area contributed by atoms with E-state index < -0.39 is 163 Å². The molecule has 35 heteroatoms. The van der Waals surface area contributed by atoms with Gasteiger partial charge in [0, 0.05) is 42.5 Å².